The summed E-state index contributed by atoms with van der Waals surface area (Å²) in [6.07, 6.45) is 0.442. The van der Waals surface area contributed by atoms with Crippen LogP contribution in [0.1, 0.15) is 11.1 Å². The van der Waals surface area contributed by atoms with Gasteiger partial charge in [-0.05, 0) is 0 Å². The van der Waals surface area contributed by atoms with Crippen LogP contribution in [0.15, 0.2) is 18.2 Å². The van der Waals surface area contributed by atoms with Crippen molar-refractivity contribution in [3.8, 4) is 5.75 Å². The zero-order valence-corrected chi connectivity index (χ0v) is 12.1. The van der Waals surface area contributed by atoms with Crippen LogP contribution in [0.5, 0.6) is 5.75 Å². The molecule has 1 aromatic rings. The lowest BCUT2D eigenvalue weighted by Gasteiger charge is -2.15. The summed E-state index contributed by atoms with van der Waals surface area (Å²) in [6, 6.07) is 5.51. The van der Waals surface area contributed by atoms with E-state index < -0.39 is 0 Å². The van der Waals surface area contributed by atoms with Gasteiger partial charge in [0.25, 0.3) is 0 Å². The van der Waals surface area contributed by atoms with Crippen molar-refractivity contribution in [3.63, 3.8) is 0 Å². The zero-order valence-electron chi connectivity index (χ0n) is 12.1. The van der Waals surface area contributed by atoms with Crippen LogP contribution in [0.2, 0.25) is 0 Å². The summed E-state index contributed by atoms with van der Waals surface area (Å²) in [5, 5.41) is 5.60. The molecule has 0 atom stereocenters. The first kappa shape index (κ1) is 15.3. The van der Waals surface area contributed by atoms with Crippen molar-refractivity contribution in [2.45, 2.75) is 12.8 Å². The maximum atomic E-state index is 11.9. The molecule has 1 aliphatic heterocycles. The molecular weight excluding hydrogens is 272 g/mol. The van der Waals surface area contributed by atoms with Gasteiger partial charge in [0.1, 0.15) is 5.75 Å². The van der Waals surface area contributed by atoms with Crippen molar-refractivity contribution >= 4 is 11.8 Å². The second kappa shape index (κ2) is 7.64. The van der Waals surface area contributed by atoms with Gasteiger partial charge in [-0.2, -0.15) is 0 Å². The number of ether oxygens (including phenoxy) is 2. The summed E-state index contributed by atoms with van der Waals surface area (Å²) < 4.78 is 10.7. The molecule has 1 heterocycles. The molecule has 6 nitrogen and oxygen atoms in total. The minimum atomic E-state index is -0.0874. The number of carbonyl (C=O) groups is 2. The van der Waals surface area contributed by atoms with E-state index in [4.69, 9.17) is 9.47 Å². The predicted octanol–water partition coefficient (Wildman–Crippen LogP) is 0.0428. The Morgan fingerprint density at radius 2 is 1.52 bits per heavy atom. The number of fused-ring (bicyclic) bond motifs is 2. The molecule has 0 aliphatic carbocycles. The quantitative estimate of drug-likeness (QED) is 0.766. The Morgan fingerprint density at radius 3 is 2.00 bits per heavy atom. The number of amides is 2. The van der Waals surface area contributed by atoms with E-state index in [0.29, 0.717) is 32.1 Å². The Morgan fingerprint density at radius 1 is 1.00 bits per heavy atom. The molecule has 0 aromatic heterocycles. The summed E-state index contributed by atoms with van der Waals surface area (Å²) in [7, 11) is 1.55. The van der Waals surface area contributed by atoms with Crippen molar-refractivity contribution in [2.24, 2.45) is 0 Å². The smallest absolute Gasteiger partial charge is 0.224 e. The van der Waals surface area contributed by atoms with Crippen LogP contribution < -0.4 is 15.4 Å². The van der Waals surface area contributed by atoms with Gasteiger partial charge in [-0.25, -0.2) is 0 Å². The van der Waals surface area contributed by atoms with Crippen LogP contribution in [0.3, 0.4) is 0 Å². The van der Waals surface area contributed by atoms with Gasteiger partial charge in [-0.3, -0.25) is 9.59 Å². The molecule has 1 aliphatic rings. The standard InChI is InChI=1S/C15H20N2O4/c1-20-15-11-3-2-4-12(15)10-14(19)17-6-8-21-7-5-16-13(18)9-11/h2-4H,5-10H2,1H3,(H,16,18)(H,17,19). The minimum Gasteiger partial charge on any atom is -0.496 e. The van der Waals surface area contributed by atoms with E-state index in [9.17, 15) is 9.59 Å². The molecule has 2 N–H and O–H groups in total. The second-order valence-electron chi connectivity index (χ2n) is 4.78. The topological polar surface area (TPSA) is 76.7 Å². The predicted molar refractivity (Wildman–Crippen MR) is 77.2 cm³/mol. The molecule has 0 saturated carbocycles. The van der Waals surface area contributed by atoms with E-state index in [-0.39, 0.29) is 24.7 Å². The van der Waals surface area contributed by atoms with Crippen LogP contribution in [-0.4, -0.2) is 45.2 Å². The molecule has 114 valence electrons. The van der Waals surface area contributed by atoms with E-state index in [1.807, 2.05) is 18.2 Å². The lowest BCUT2D eigenvalue weighted by molar-refractivity contribution is -0.121. The van der Waals surface area contributed by atoms with Gasteiger partial charge in [-0.15, -0.1) is 0 Å². The van der Waals surface area contributed by atoms with E-state index >= 15 is 0 Å². The largest absolute Gasteiger partial charge is 0.496 e. The fourth-order valence-electron chi connectivity index (χ4n) is 2.28. The normalized spacial score (nSPS) is 17.4. The second-order valence-corrected chi connectivity index (χ2v) is 4.78. The molecule has 2 bridgehead atoms. The fraction of sp³-hybridized carbons (Fsp3) is 0.467. The first-order chi connectivity index (χ1) is 10.2. The maximum absolute atomic E-state index is 11.9. The number of methoxy groups -OCH3 is 1. The molecule has 0 fully saturated rings. The Labute approximate surface area is 123 Å². The molecule has 21 heavy (non-hydrogen) atoms. The monoisotopic (exact) mass is 292 g/mol. The first-order valence-corrected chi connectivity index (χ1v) is 6.96. The van der Waals surface area contributed by atoms with Crippen molar-refractivity contribution in [1.29, 1.82) is 0 Å². The summed E-state index contributed by atoms with van der Waals surface area (Å²) in [6.45, 7) is 1.77. The Hall–Kier alpha value is -2.08. The van der Waals surface area contributed by atoms with E-state index in [2.05, 4.69) is 10.6 Å². The highest BCUT2D eigenvalue weighted by molar-refractivity contribution is 5.81. The average Bonchev–Trinajstić information content (AvgIpc) is 2.45. The molecule has 2 amide bonds. The summed E-state index contributed by atoms with van der Waals surface area (Å²) in [5.74, 6) is 0.433. The number of rotatable bonds is 1. The SMILES string of the molecule is COc1c2cccc1CC(=O)NCCOCCNC(=O)C2. The molecular formula is C15H20N2O4. The van der Waals surface area contributed by atoms with Gasteiger partial charge in [-0.1, -0.05) is 18.2 Å². The molecule has 0 spiro atoms. The lowest BCUT2D eigenvalue weighted by atomic mass is 10.0. The number of para-hydroxylation sites is 1. The number of nitrogens with one attached hydrogen (secondary N) is 2. The third kappa shape index (κ3) is 4.46. The van der Waals surface area contributed by atoms with Crippen LogP contribution in [0, 0.1) is 0 Å². The Bertz CT molecular complexity index is 476. The Balaban J connectivity index is 2.23. The van der Waals surface area contributed by atoms with Gasteiger partial charge in [0.15, 0.2) is 0 Å². The maximum Gasteiger partial charge on any atom is 0.224 e. The van der Waals surface area contributed by atoms with E-state index in [1.54, 1.807) is 7.11 Å². The lowest BCUT2D eigenvalue weighted by Crippen LogP contribution is -2.32. The van der Waals surface area contributed by atoms with Crippen LogP contribution in [0.4, 0.5) is 0 Å². The molecule has 0 saturated heterocycles. The minimum absolute atomic E-state index is 0.0874. The van der Waals surface area contributed by atoms with Crippen molar-refractivity contribution in [1.82, 2.24) is 10.6 Å². The summed E-state index contributed by atoms with van der Waals surface area (Å²) in [5.41, 5.74) is 1.55. The summed E-state index contributed by atoms with van der Waals surface area (Å²) in [4.78, 5) is 23.8. The van der Waals surface area contributed by atoms with Gasteiger partial charge >= 0.3 is 0 Å². The van der Waals surface area contributed by atoms with Crippen LogP contribution in [0.25, 0.3) is 0 Å². The van der Waals surface area contributed by atoms with Crippen LogP contribution >= 0.6 is 0 Å². The highest BCUT2D eigenvalue weighted by atomic mass is 16.5. The van der Waals surface area contributed by atoms with Gasteiger partial charge < -0.3 is 20.1 Å². The van der Waals surface area contributed by atoms with Crippen LogP contribution in [-0.2, 0) is 27.2 Å². The molecule has 6 heteroatoms. The highest BCUT2D eigenvalue weighted by Gasteiger charge is 2.15. The van der Waals surface area contributed by atoms with Gasteiger partial charge in [0.2, 0.25) is 11.8 Å². The average molecular weight is 292 g/mol. The molecule has 0 unspecified atom stereocenters. The zero-order chi connectivity index (χ0) is 15.1. The number of benzene rings is 1. The Kier molecular flexibility index (Phi) is 5.57. The number of hydrogen-bond donors (Lipinski definition) is 2. The summed E-state index contributed by atoms with van der Waals surface area (Å²) >= 11 is 0. The first-order valence-electron chi connectivity index (χ1n) is 6.96. The van der Waals surface area contributed by atoms with E-state index in [0.717, 1.165) is 11.1 Å². The third-order valence-electron chi connectivity index (χ3n) is 3.22. The van der Waals surface area contributed by atoms with Gasteiger partial charge in [0, 0.05) is 24.2 Å². The van der Waals surface area contributed by atoms with Crippen molar-refractivity contribution in [3.05, 3.63) is 29.3 Å². The van der Waals surface area contributed by atoms with Gasteiger partial charge in [0.05, 0.1) is 33.2 Å². The fourth-order valence-corrected chi connectivity index (χ4v) is 2.28. The molecule has 2 rings (SSSR count). The van der Waals surface area contributed by atoms with Crippen molar-refractivity contribution in [2.75, 3.05) is 33.4 Å². The number of hydrogen-bond acceptors (Lipinski definition) is 4. The molecule has 1 aromatic carbocycles. The van der Waals surface area contributed by atoms with Crippen molar-refractivity contribution < 1.29 is 19.1 Å². The third-order valence-corrected chi connectivity index (χ3v) is 3.22. The van der Waals surface area contributed by atoms with E-state index in [1.165, 1.54) is 0 Å². The number of carbonyl (C=O) groups excluding carboxylic acids is 2. The molecule has 0 radical (unpaired) electrons. The highest BCUT2D eigenvalue weighted by Crippen LogP contribution is 2.25.